The summed E-state index contributed by atoms with van der Waals surface area (Å²) in [4.78, 5) is 0. The smallest absolute Gasteiger partial charge is 0.127 e. The molecule has 0 spiro atoms. The average molecular weight is 66.9 g/mol. The van der Waals surface area contributed by atoms with Crippen LogP contribution in [0.25, 0.3) is 0 Å². The first kappa shape index (κ1) is 4.80. The Labute approximate surface area is 34.1 Å². The van der Waals surface area contributed by atoms with Crippen LogP contribution in [-0.2, 0) is 0 Å². The molecule has 0 aliphatic carbocycles. The number of hydrogen-bond acceptors (Lipinski definition) is 0. The Hall–Kier alpha value is -0.195. The van der Waals surface area contributed by atoms with Gasteiger partial charge in [0.25, 0.3) is 0 Å². The molecule has 0 heterocycles. The molecule has 0 nitrogen and oxygen atoms in total. The molecule has 0 saturated heterocycles. The van der Waals surface area contributed by atoms with E-state index in [4.69, 9.17) is 0 Å². The SMILES string of the molecule is C[B]C=CC. The van der Waals surface area contributed by atoms with Crippen LogP contribution in [0.15, 0.2) is 12.1 Å². The zero-order valence-corrected chi connectivity index (χ0v) is 3.73. The van der Waals surface area contributed by atoms with Crippen LogP contribution in [0.4, 0.5) is 0 Å². The summed E-state index contributed by atoms with van der Waals surface area (Å²) in [5.74, 6) is 2.00. The molecule has 0 aromatic heterocycles. The van der Waals surface area contributed by atoms with Gasteiger partial charge < -0.3 is 0 Å². The lowest BCUT2D eigenvalue weighted by molar-refractivity contribution is 1.78. The Morgan fingerprint density at radius 3 is 2.20 bits per heavy atom. The summed E-state index contributed by atoms with van der Waals surface area (Å²) >= 11 is 0. The van der Waals surface area contributed by atoms with E-state index in [1.807, 2.05) is 33.1 Å². The molecule has 0 N–H and O–H groups in total. The molecule has 0 aromatic rings. The molecule has 27 valence electrons. The Kier molecular flexibility index (Phi) is 3.66. The normalized spacial score (nSPS) is 9.20. The fourth-order valence-corrected chi connectivity index (χ4v) is 0.192. The van der Waals surface area contributed by atoms with Crippen molar-refractivity contribution < 1.29 is 0 Å². The third-order valence-electron chi connectivity index (χ3n) is 0.385. The summed E-state index contributed by atoms with van der Waals surface area (Å²) in [6, 6.07) is 0. The molecule has 0 rings (SSSR count). The Balaban J connectivity index is 2.62. The molecule has 0 amide bonds. The Bertz CT molecular complexity index is 30.6. The number of rotatable bonds is 1. The van der Waals surface area contributed by atoms with Crippen LogP contribution in [0.3, 0.4) is 0 Å². The van der Waals surface area contributed by atoms with E-state index in [1.54, 1.807) is 0 Å². The molecule has 1 radical (unpaired) electrons. The van der Waals surface area contributed by atoms with Gasteiger partial charge in [-0.2, -0.15) is 0 Å². The van der Waals surface area contributed by atoms with Crippen molar-refractivity contribution in [3.05, 3.63) is 12.1 Å². The number of hydrogen-bond donors (Lipinski definition) is 0. The predicted octanol–water partition coefficient (Wildman–Crippen LogP) is 1.27. The van der Waals surface area contributed by atoms with Gasteiger partial charge in [-0.25, -0.2) is 0 Å². The second-order valence-corrected chi connectivity index (χ2v) is 0.859. The molecule has 0 aliphatic heterocycles. The van der Waals surface area contributed by atoms with Gasteiger partial charge in [0.15, 0.2) is 0 Å². The predicted molar refractivity (Wildman–Crippen MR) is 26.4 cm³/mol. The molecular weight excluding hydrogens is 58.9 g/mol. The molecule has 1 heteroatoms. The van der Waals surface area contributed by atoms with Crippen molar-refractivity contribution in [2.75, 3.05) is 0 Å². The van der Waals surface area contributed by atoms with E-state index in [0.717, 1.165) is 0 Å². The molecule has 0 atom stereocenters. The van der Waals surface area contributed by atoms with E-state index in [9.17, 15) is 0 Å². The van der Waals surface area contributed by atoms with Crippen molar-refractivity contribution in [1.29, 1.82) is 0 Å². The van der Waals surface area contributed by atoms with Crippen molar-refractivity contribution in [3.63, 3.8) is 0 Å². The molecule has 0 fully saturated rings. The lowest BCUT2D eigenvalue weighted by Crippen LogP contribution is -1.64. The summed E-state index contributed by atoms with van der Waals surface area (Å²) < 4.78 is 0. The van der Waals surface area contributed by atoms with Crippen LogP contribution < -0.4 is 0 Å². The van der Waals surface area contributed by atoms with E-state index < -0.39 is 0 Å². The first-order valence-corrected chi connectivity index (χ1v) is 1.82. The lowest BCUT2D eigenvalue weighted by atomic mass is 9.83. The molecule has 0 aliphatic rings. The summed E-state index contributed by atoms with van der Waals surface area (Å²) in [5, 5.41) is 0. The van der Waals surface area contributed by atoms with E-state index in [1.165, 1.54) is 0 Å². The zero-order chi connectivity index (χ0) is 4.12. The third kappa shape index (κ3) is 3.80. The highest BCUT2D eigenvalue weighted by Crippen LogP contribution is 1.60. The maximum absolute atomic E-state index is 2.00. The quantitative estimate of drug-likeness (QED) is 0.405. The van der Waals surface area contributed by atoms with Crippen molar-refractivity contribution >= 4 is 7.28 Å². The van der Waals surface area contributed by atoms with Crippen LogP contribution in [-0.4, -0.2) is 7.28 Å². The fraction of sp³-hybridized carbons (Fsp3) is 0.500. The van der Waals surface area contributed by atoms with Crippen LogP contribution in [0.5, 0.6) is 0 Å². The maximum atomic E-state index is 2.00. The van der Waals surface area contributed by atoms with E-state index >= 15 is 0 Å². The third-order valence-corrected chi connectivity index (χ3v) is 0.385. The summed E-state index contributed by atoms with van der Waals surface area (Å²) in [6.45, 7) is 4.00. The summed E-state index contributed by atoms with van der Waals surface area (Å²) in [5.41, 5.74) is 0. The minimum absolute atomic E-state index is 2.00. The molecule has 0 aromatic carbocycles. The minimum atomic E-state index is 2.00. The van der Waals surface area contributed by atoms with Gasteiger partial charge in [-0.3, -0.25) is 0 Å². The van der Waals surface area contributed by atoms with Crippen LogP contribution in [0.1, 0.15) is 6.92 Å². The van der Waals surface area contributed by atoms with Gasteiger partial charge in [-0.05, 0) is 6.92 Å². The Morgan fingerprint density at radius 2 is 2.20 bits per heavy atom. The van der Waals surface area contributed by atoms with Gasteiger partial charge in [0, 0.05) is 0 Å². The first-order chi connectivity index (χ1) is 2.41. The zero-order valence-electron chi connectivity index (χ0n) is 3.73. The van der Waals surface area contributed by atoms with Gasteiger partial charge in [0.1, 0.15) is 7.28 Å². The van der Waals surface area contributed by atoms with E-state index in [-0.39, 0.29) is 0 Å². The van der Waals surface area contributed by atoms with Crippen molar-refractivity contribution in [1.82, 2.24) is 0 Å². The highest BCUT2D eigenvalue weighted by atomic mass is 13.4. The van der Waals surface area contributed by atoms with Gasteiger partial charge in [0.2, 0.25) is 0 Å². The highest BCUT2D eigenvalue weighted by Gasteiger charge is 1.57. The van der Waals surface area contributed by atoms with Crippen molar-refractivity contribution in [2.45, 2.75) is 13.7 Å². The van der Waals surface area contributed by atoms with Crippen LogP contribution in [0.2, 0.25) is 6.82 Å². The first-order valence-electron chi connectivity index (χ1n) is 1.82. The van der Waals surface area contributed by atoms with Gasteiger partial charge in [0.05, 0.1) is 0 Å². The number of allylic oxidation sites excluding steroid dienone is 1. The minimum Gasteiger partial charge on any atom is -0.127 e. The summed E-state index contributed by atoms with van der Waals surface area (Å²) in [7, 11) is 2.00. The molecule has 0 bridgehead atoms. The van der Waals surface area contributed by atoms with Crippen molar-refractivity contribution in [2.24, 2.45) is 0 Å². The van der Waals surface area contributed by atoms with Gasteiger partial charge in [-0.15, -0.1) is 12.1 Å². The fourth-order valence-electron chi connectivity index (χ4n) is 0.192. The Morgan fingerprint density at radius 1 is 1.60 bits per heavy atom. The monoisotopic (exact) mass is 67.1 g/mol. The highest BCUT2D eigenvalue weighted by molar-refractivity contribution is 6.40. The maximum Gasteiger partial charge on any atom is 0.137 e. The van der Waals surface area contributed by atoms with Gasteiger partial charge >= 0.3 is 0 Å². The second-order valence-electron chi connectivity index (χ2n) is 0.859. The topological polar surface area (TPSA) is 0 Å². The largest absolute Gasteiger partial charge is 0.137 e. The van der Waals surface area contributed by atoms with Gasteiger partial charge in [-0.1, -0.05) is 6.82 Å². The molecule has 5 heavy (non-hydrogen) atoms. The molecular formula is C4H8B. The lowest BCUT2D eigenvalue weighted by Gasteiger charge is -1.61. The average Bonchev–Trinajstić information content (AvgIpc) is 1.41. The standard InChI is InChI=1S/C4H8B/c1-3-4-5-2/h3-4H,1-2H3. The van der Waals surface area contributed by atoms with E-state index in [0.29, 0.717) is 0 Å². The van der Waals surface area contributed by atoms with Crippen LogP contribution >= 0.6 is 0 Å². The molecule has 0 saturated carbocycles. The molecule has 0 unspecified atom stereocenters. The van der Waals surface area contributed by atoms with E-state index in [2.05, 4.69) is 0 Å². The summed E-state index contributed by atoms with van der Waals surface area (Å²) in [6.07, 6.45) is 2.00. The van der Waals surface area contributed by atoms with Crippen molar-refractivity contribution in [3.8, 4) is 0 Å². The second kappa shape index (κ2) is 3.80. The van der Waals surface area contributed by atoms with Crippen LogP contribution in [0, 0.1) is 0 Å².